The number of allylic oxidation sites excluding steroid dienone is 1. The van der Waals surface area contributed by atoms with Crippen LogP contribution < -0.4 is 19.6 Å². The summed E-state index contributed by atoms with van der Waals surface area (Å²) in [6, 6.07) is 25.4. The van der Waals surface area contributed by atoms with Crippen LogP contribution in [0.4, 0.5) is 0 Å². The predicted molar refractivity (Wildman–Crippen MR) is 175 cm³/mol. The van der Waals surface area contributed by atoms with E-state index in [0.29, 0.717) is 31.9 Å². The molecule has 0 fully saturated rings. The van der Waals surface area contributed by atoms with Crippen molar-refractivity contribution in [3.05, 3.63) is 132 Å². The molecule has 8 heteroatoms. The average molecular weight is 606 g/mol. The molecule has 1 aliphatic heterocycles. The molecule has 44 heavy (non-hydrogen) atoms. The molecule has 0 saturated heterocycles. The zero-order valence-corrected chi connectivity index (χ0v) is 26.4. The Morgan fingerprint density at radius 1 is 1.00 bits per heavy atom. The van der Waals surface area contributed by atoms with Crippen LogP contribution in [0.15, 0.2) is 99.9 Å². The summed E-state index contributed by atoms with van der Waals surface area (Å²) in [7, 11) is 0. The number of ether oxygens (including phenoxy) is 2. The Kier molecular flexibility index (Phi) is 8.10. The molecular formula is C36H35N3O4S. The van der Waals surface area contributed by atoms with Crippen molar-refractivity contribution < 1.29 is 14.3 Å². The normalized spacial score (nSPS) is 15.0. The van der Waals surface area contributed by atoms with Crippen LogP contribution in [0.5, 0.6) is 5.75 Å². The van der Waals surface area contributed by atoms with E-state index in [1.165, 1.54) is 16.9 Å². The Balaban J connectivity index is 1.57. The Hall–Kier alpha value is -4.69. The Morgan fingerprint density at radius 3 is 2.45 bits per heavy atom. The number of benzene rings is 3. The molecule has 0 unspecified atom stereocenters. The van der Waals surface area contributed by atoms with Crippen LogP contribution in [0.1, 0.15) is 56.1 Å². The Morgan fingerprint density at radius 2 is 1.70 bits per heavy atom. The minimum absolute atomic E-state index is 0.0979. The molecule has 0 N–H and O–H groups in total. The van der Waals surface area contributed by atoms with E-state index < -0.39 is 12.0 Å². The molecule has 0 radical (unpaired) electrons. The second-order valence-corrected chi connectivity index (χ2v) is 12.1. The van der Waals surface area contributed by atoms with Gasteiger partial charge in [0, 0.05) is 34.3 Å². The molecule has 0 saturated carbocycles. The van der Waals surface area contributed by atoms with E-state index in [4.69, 9.17) is 14.5 Å². The first-order chi connectivity index (χ1) is 21.3. The van der Waals surface area contributed by atoms with Gasteiger partial charge in [0.15, 0.2) is 4.80 Å². The standard InChI is InChI=1S/C36H35N3O4S/c1-6-42-35(41)32-23(4)37-36-39(33(32)27-17-11-13-19-30(27)43-22(2)3)34(40)31(44-36)20-28-24(5)38(21-25-14-8-7-9-15-25)29-18-12-10-16-26(28)29/h7-20,22,33H,6,21H2,1-5H3/b31-20+/t33-/m0/s1. The van der Waals surface area contributed by atoms with Crippen molar-refractivity contribution in [2.24, 2.45) is 4.99 Å². The van der Waals surface area contributed by atoms with E-state index >= 15 is 0 Å². The van der Waals surface area contributed by atoms with Crippen LogP contribution in [-0.4, -0.2) is 27.8 Å². The molecule has 0 aliphatic carbocycles. The number of esters is 1. The summed E-state index contributed by atoms with van der Waals surface area (Å²) in [6.45, 7) is 10.5. The van der Waals surface area contributed by atoms with Crippen molar-refractivity contribution in [1.82, 2.24) is 9.13 Å². The Labute approximate surface area is 260 Å². The molecule has 3 heterocycles. The van der Waals surface area contributed by atoms with E-state index in [2.05, 4.69) is 35.8 Å². The average Bonchev–Trinajstić information content (AvgIpc) is 3.45. The van der Waals surface area contributed by atoms with Gasteiger partial charge >= 0.3 is 5.97 Å². The number of hydrogen-bond acceptors (Lipinski definition) is 6. The lowest BCUT2D eigenvalue weighted by Gasteiger charge is -2.26. The van der Waals surface area contributed by atoms with Crippen molar-refractivity contribution in [2.75, 3.05) is 6.61 Å². The van der Waals surface area contributed by atoms with Gasteiger partial charge < -0.3 is 14.0 Å². The van der Waals surface area contributed by atoms with Gasteiger partial charge in [0.05, 0.1) is 28.5 Å². The minimum Gasteiger partial charge on any atom is -0.491 e. The van der Waals surface area contributed by atoms with Gasteiger partial charge in [-0.3, -0.25) is 9.36 Å². The van der Waals surface area contributed by atoms with Gasteiger partial charge in [-0.2, -0.15) is 0 Å². The number of thiazole rings is 1. The first-order valence-corrected chi connectivity index (χ1v) is 15.7. The minimum atomic E-state index is -0.747. The van der Waals surface area contributed by atoms with Crippen LogP contribution in [0.25, 0.3) is 17.0 Å². The highest BCUT2D eigenvalue weighted by atomic mass is 32.1. The quantitative estimate of drug-likeness (QED) is 0.207. The third-order valence-corrected chi connectivity index (χ3v) is 8.81. The monoisotopic (exact) mass is 605 g/mol. The smallest absolute Gasteiger partial charge is 0.338 e. The number of carbonyl (C=O) groups is 1. The zero-order valence-electron chi connectivity index (χ0n) is 25.5. The largest absolute Gasteiger partial charge is 0.491 e. The summed E-state index contributed by atoms with van der Waals surface area (Å²) >= 11 is 1.33. The molecule has 0 spiro atoms. The third kappa shape index (κ3) is 5.30. The lowest BCUT2D eigenvalue weighted by molar-refractivity contribution is -0.139. The van der Waals surface area contributed by atoms with E-state index in [1.807, 2.05) is 74.5 Å². The third-order valence-electron chi connectivity index (χ3n) is 7.83. The lowest BCUT2D eigenvalue weighted by Crippen LogP contribution is -2.40. The molecule has 2 aromatic heterocycles. The molecule has 0 bridgehead atoms. The summed E-state index contributed by atoms with van der Waals surface area (Å²) in [5, 5.41) is 1.07. The molecular weight excluding hydrogens is 570 g/mol. The van der Waals surface area contributed by atoms with Gasteiger partial charge in [-0.15, -0.1) is 0 Å². The maximum Gasteiger partial charge on any atom is 0.338 e. The first kappa shape index (κ1) is 29.4. The van der Waals surface area contributed by atoms with Crippen LogP contribution in [0, 0.1) is 6.92 Å². The van der Waals surface area contributed by atoms with E-state index in [9.17, 15) is 9.59 Å². The van der Waals surface area contributed by atoms with Crippen molar-refractivity contribution in [1.29, 1.82) is 0 Å². The number of carbonyl (C=O) groups excluding carboxylic acids is 1. The van der Waals surface area contributed by atoms with E-state index in [-0.39, 0.29) is 18.3 Å². The second kappa shape index (κ2) is 12.1. The van der Waals surface area contributed by atoms with Gasteiger partial charge in [0.2, 0.25) is 0 Å². The number of nitrogens with zero attached hydrogens (tertiary/aromatic N) is 3. The van der Waals surface area contributed by atoms with Gasteiger partial charge in [-0.25, -0.2) is 9.79 Å². The van der Waals surface area contributed by atoms with Gasteiger partial charge in [-0.1, -0.05) is 78.1 Å². The molecule has 1 aliphatic rings. The van der Waals surface area contributed by atoms with Gasteiger partial charge in [-0.05, 0) is 58.4 Å². The van der Waals surface area contributed by atoms with Gasteiger partial charge in [0.25, 0.3) is 5.56 Å². The Bertz CT molecular complexity index is 2080. The topological polar surface area (TPSA) is 74.8 Å². The zero-order chi connectivity index (χ0) is 31.0. The lowest BCUT2D eigenvalue weighted by atomic mass is 9.95. The fourth-order valence-corrected chi connectivity index (χ4v) is 6.92. The van der Waals surface area contributed by atoms with E-state index in [0.717, 1.165) is 28.7 Å². The summed E-state index contributed by atoms with van der Waals surface area (Å²) in [6.07, 6.45) is 1.87. The number of aromatic nitrogens is 2. The molecule has 3 aromatic carbocycles. The van der Waals surface area contributed by atoms with Crippen molar-refractivity contribution in [3.63, 3.8) is 0 Å². The molecule has 7 nitrogen and oxygen atoms in total. The summed E-state index contributed by atoms with van der Waals surface area (Å²) in [4.78, 5) is 33.0. The molecule has 6 rings (SSSR count). The van der Waals surface area contributed by atoms with Crippen molar-refractivity contribution >= 4 is 34.3 Å². The number of hydrogen-bond donors (Lipinski definition) is 0. The molecule has 0 amide bonds. The molecule has 224 valence electrons. The van der Waals surface area contributed by atoms with Crippen LogP contribution in [-0.2, 0) is 16.1 Å². The highest BCUT2D eigenvalue weighted by Crippen LogP contribution is 2.36. The number of rotatable bonds is 8. The SMILES string of the molecule is CCOC(=O)C1=C(C)N=c2s/c(=C/c3c(C)n(Cc4ccccc4)c4ccccc34)c(=O)n2[C@H]1c1ccccc1OC(C)C. The van der Waals surface area contributed by atoms with E-state index in [1.54, 1.807) is 18.4 Å². The second-order valence-electron chi connectivity index (χ2n) is 11.1. The molecule has 5 aromatic rings. The number of para-hydroxylation sites is 2. The van der Waals surface area contributed by atoms with Crippen LogP contribution >= 0.6 is 11.3 Å². The summed E-state index contributed by atoms with van der Waals surface area (Å²) in [5.41, 5.74) is 5.71. The first-order valence-electron chi connectivity index (χ1n) is 14.9. The van der Waals surface area contributed by atoms with Crippen LogP contribution in [0.2, 0.25) is 0 Å². The maximum atomic E-state index is 14.4. The maximum absolute atomic E-state index is 14.4. The summed E-state index contributed by atoms with van der Waals surface area (Å²) in [5.74, 6) is 0.116. The highest BCUT2D eigenvalue weighted by Gasteiger charge is 2.35. The highest BCUT2D eigenvalue weighted by molar-refractivity contribution is 7.07. The van der Waals surface area contributed by atoms with Crippen molar-refractivity contribution in [3.8, 4) is 5.75 Å². The van der Waals surface area contributed by atoms with Crippen molar-refractivity contribution in [2.45, 2.75) is 53.3 Å². The fourth-order valence-electron chi connectivity index (χ4n) is 5.89. The van der Waals surface area contributed by atoms with Crippen LogP contribution in [0.3, 0.4) is 0 Å². The summed E-state index contributed by atoms with van der Waals surface area (Å²) < 4.78 is 16.1. The fraction of sp³-hybridized carbons (Fsp3) is 0.250. The predicted octanol–water partition coefficient (Wildman–Crippen LogP) is 5.90. The number of fused-ring (bicyclic) bond motifs is 2. The van der Waals surface area contributed by atoms with Gasteiger partial charge in [0.1, 0.15) is 11.8 Å². The molecule has 1 atom stereocenters.